The van der Waals surface area contributed by atoms with E-state index in [-0.39, 0.29) is 11.3 Å². The van der Waals surface area contributed by atoms with Crippen molar-refractivity contribution < 1.29 is 19.4 Å². The number of aliphatic carboxylic acids is 1. The topological polar surface area (TPSA) is 78.9 Å². The van der Waals surface area contributed by atoms with E-state index in [4.69, 9.17) is 9.84 Å². The molecule has 7 heteroatoms. The molecule has 0 saturated carbocycles. The highest BCUT2D eigenvalue weighted by Crippen LogP contribution is 2.44. The van der Waals surface area contributed by atoms with Gasteiger partial charge < -0.3 is 14.7 Å². The average molecular weight is 300 g/mol. The van der Waals surface area contributed by atoms with E-state index < -0.39 is 17.7 Å². The molecule has 1 amide bonds. The van der Waals surface area contributed by atoms with Gasteiger partial charge in [-0.05, 0) is 24.4 Å². The standard InChI is InChI=1S/C13H20N2O4S/c1-3-4-5-7-14-13(19-2)11(18)15-9(10(16)17)6-8-20-12(13)15/h6,8-9,12,14H,3-5,7H2,1-2H3,(H,16,17)/t9?,12-,13?/m1/s1. The lowest BCUT2D eigenvalue weighted by molar-refractivity contribution is -0.200. The minimum Gasteiger partial charge on any atom is -0.479 e. The van der Waals surface area contributed by atoms with E-state index in [1.165, 1.54) is 29.8 Å². The van der Waals surface area contributed by atoms with Crippen molar-refractivity contribution in [2.75, 3.05) is 13.7 Å². The number of nitrogens with one attached hydrogen (secondary N) is 1. The van der Waals surface area contributed by atoms with Gasteiger partial charge in [-0.15, -0.1) is 11.8 Å². The lowest BCUT2D eigenvalue weighted by Gasteiger charge is -2.56. The van der Waals surface area contributed by atoms with Gasteiger partial charge in [0.15, 0.2) is 0 Å². The second kappa shape index (κ2) is 6.15. The Hall–Kier alpha value is -1.05. The average Bonchev–Trinajstić information content (AvgIpc) is 2.46. The number of thioether (sulfide) groups is 1. The van der Waals surface area contributed by atoms with Crippen LogP contribution in [-0.4, -0.2) is 52.7 Å². The highest BCUT2D eigenvalue weighted by Gasteiger charge is 2.65. The molecule has 2 aliphatic rings. The summed E-state index contributed by atoms with van der Waals surface area (Å²) < 4.78 is 5.41. The van der Waals surface area contributed by atoms with Crippen molar-refractivity contribution in [3.8, 4) is 0 Å². The summed E-state index contributed by atoms with van der Waals surface area (Å²) >= 11 is 1.41. The summed E-state index contributed by atoms with van der Waals surface area (Å²) in [7, 11) is 1.48. The van der Waals surface area contributed by atoms with Crippen LogP contribution in [0.5, 0.6) is 0 Å². The number of nitrogens with zero attached hydrogens (tertiary/aromatic N) is 1. The van der Waals surface area contributed by atoms with E-state index in [0.717, 1.165) is 19.3 Å². The van der Waals surface area contributed by atoms with Crippen LogP contribution in [0.2, 0.25) is 0 Å². The molecule has 0 aliphatic carbocycles. The number of carboxylic acids is 1. The van der Waals surface area contributed by atoms with Crippen LogP contribution in [0.15, 0.2) is 11.5 Å². The van der Waals surface area contributed by atoms with Crippen LogP contribution in [0, 0.1) is 0 Å². The molecule has 1 fully saturated rings. The third-order valence-corrected chi connectivity index (χ3v) is 4.79. The number of β-lactam (4-membered cyclic amide) rings is 1. The van der Waals surface area contributed by atoms with Crippen molar-refractivity contribution in [2.45, 2.75) is 43.3 Å². The third-order valence-electron chi connectivity index (χ3n) is 3.66. The largest absolute Gasteiger partial charge is 0.479 e. The number of methoxy groups -OCH3 is 1. The molecule has 1 saturated heterocycles. The predicted octanol–water partition coefficient (Wildman–Crippen LogP) is 0.991. The molecule has 2 rings (SSSR count). The van der Waals surface area contributed by atoms with Crippen molar-refractivity contribution >= 4 is 23.6 Å². The maximum atomic E-state index is 12.4. The molecular weight excluding hydrogens is 280 g/mol. The first-order valence-electron chi connectivity index (χ1n) is 6.76. The van der Waals surface area contributed by atoms with E-state index in [2.05, 4.69) is 12.2 Å². The van der Waals surface area contributed by atoms with E-state index in [1.54, 1.807) is 5.41 Å². The van der Waals surface area contributed by atoms with Gasteiger partial charge in [0.25, 0.3) is 5.91 Å². The summed E-state index contributed by atoms with van der Waals surface area (Å²) in [6.45, 7) is 2.79. The second-order valence-corrected chi connectivity index (χ2v) is 5.88. The Bertz CT molecular complexity index is 429. The fourth-order valence-electron chi connectivity index (χ4n) is 2.53. The molecule has 2 N–H and O–H groups in total. The molecule has 3 atom stereocenters. The summed E-state index contributed by atoms with van der Waals surface area (Å²) in [6, 6.07) is -0.894. The Morgan fingerprint density at radius 2 is 2.35 bits per heavy atom. The Balaban J connectivity index is 2.07. The number of hydrogen-bond acceptors (Lipinski definition) is 5. The van der Waals surface area contributed by atoms with Crippen LogP contribution in [-0.2, 0) is 14.3 Å². The maximum Gasteiger partial charge on any atom is 0.330 e. The molecule has 0 aromatic carbocycles. The molecule has 2 unspecified atom stereocenters. The number of carbonyl (C=O) groups excluding carboxylic acids is 1. The molecule has 0 bridgehead atoms. The Kier molecular flexibility index (Phi) is 4.72. The number of carboxylic acid groups (broad SMARTS) is 1. The van der Waals surface area contributed by atoms with E-state index in [1.807, 2.05) is 0 Å². The van der Waals surface area contributed by atoms with Crippen LogP contribution in [0.3, 0.4) is 0 Å². The first-order chi connectivity index (χ1) is 9.58. The van der Waals surface area contributed by atoms with Gasteiger partial charge in [0.1, 0.15) is 11.4 Å². The van der Waals surface area contributed by atoms with Gasteiger partial charge in [-0.25, -0.2) is 4.79 Å². The zero-order valence-corrected chi connectivity index (χ0v) is 12.5. The van der Waals surface area contributed by atoms with E-state index in [0.29, 0.717) is 6.54 Å². The molecular formula is C13H20N2O4S. The lowest BCUT2D eigenvalue weighted by Crippen LogP contribution is -2.81. The van der Waals surface area contributed by atoms with Crippen LogP contribution in [0.4, 0.5) is 0 Å². The number of hydrogen-bond donors (Lipinski definition) is 2. The van der Waals surface area contributed by atoms with Crippen LogP contribution < -0.4 is 5.32 Å². The van der Waals surface area contributed by atoms with E-state index in [9.17, 15) is 9.59 Å². The lowest BCUT2D eigenvalue weighted by atomic mass is 9.97. The summed E-state index contributed by atoms with van der Waals surface area (Å²) in [5.74, 6) is -1.32. The third kappa shape index (κ3) is 2.34. The van der Waals surface area contributed by atoms with Crippen LogP contribution in [0.1, 0.15) is 26.2 Å². The van der Waals surface area contributed by atoms with Crippen molar-refractivity contribution in [3.05, 3.63) is 11.5 Å². The Morgan fingerprint density at radius 3 is 2.95 bits per heavy atom. The van der Waals surface area contributed by atoms with Gasteiger partial charge in [0.05, 0.1) is 0 Å². The van der Waals surface area contributed by atoms with Crippen molar-refractivity contribution in [1.29, 1.82) is 0 Å². The Labute approximate surface area is 122 Å². The highest BCUT2D eigenvalue weighted by molar-refractivity contribution is 8.02. The molecule has 2 heterocycles. The number of unbranched alkanes of at least 4 members (excludes halogenated alkanes) is 2. The first-order valence-corrected chi connectivity index (χ1v) is 7.70. The Morgan fingerprint density at radius 1 is 1.60 bits per heavy atom. The quantitative estimate of drug-likeness (QED) is 0.415. The number of ether oxygens (including phenoxy) is 1. The number of amides is 1. The van der Waals surface area contributed by atoms with Gasteiger partial charge >= 0.3 is 5.97 Å². The van der Waals surface area contributed by atoms with Crippen LogP contribution in [0.25, 0.3) is 0 Å². The maximum absolute atomic E-state index is 12.4. The van der Waals surface area contributed by atoms with Gasteiger partial charge in [-0.3, -0.25) is 10.1 Å². The molecule has 2 aliphatic heterocycles. The smallest absolute Gasteiger partial charge is 0.330 e. The molecule has 0 radical (unpaired) electrons. The minimum absolute atomic E-state index is 0.300. The summed E-state index contributed by atoms with van der Waals surface area (Å²) in [4.78, 5) is 24.9. The molecule has 6 nitrogen and oxygen atoms in total. The highest BCUT2D eigenvalue weighted by atomic mass is 32.2. The zero-order chi connectivity index (χ0) is 14.8. The van der Waals surface area contributed by atoms with Gasteiger partial charge in [-0.1, -0.05) is 19.8 Å². The molecule has 20 heavy (non-hydrogen) atoms. The van der Waals surface area contributed by atoms with Gasteiger partial charge in [0, 0.05) is 7.11 Å². The SMILES string of the molecule is CCCCCNC1(OC)C(=O)N2C(C(=O)O)C=CS[C@@H]21. The van der Waals surface area contributed by atoms with Gasteiger partial charge in [-0.2, -0.15) is 0 Å². The number of carbonyl (C=O) groups is 2. The fraction of sp³-hybridized carbons (Fsp3) is 0.692. The molecule has 0 aromatic heterocycles. The van der Waals surface area contributed by atoms with Crippen molar-refractivity contribution in [3.63, 3.8) is 0 Å². The zero-order valence-electron chi connectivity index (χ0n) is 11.7. The normalized spacial score (nSPS) is 31.9. The monoisotopic (exact) mass is 300 g/mol. The second-order valence-electron chi connectivity index (χ2n) is 4.89. The number of rotatable bonds is 7. The number of fused-ring (bicyclic) bond motifs is 1. The minimum atomic E-state index is -1.09. The summed E-state index contributed by atoms with van der Waals surface area (Å²) in [5, 5.41) is 13.7. The van der Waals surface area contributed by atoms with Crippen molar-refractivity contribution in [2.24, 2.45) is 0 Å². The molecule has 0 spiro atoms. The molecule has 0 aromatic rings. The first kappa shape index (κ1) is 15.3. The van der Waals surface area contributed by atoms with Crippen LogP contribution >= 0.6 is 11.8 Å². The van der Waals surface area contributed by atoms with Crippen molar-refractivity contribution in [1.82, 2.24) is 10.2 Å². The summed E-state index contributed by atoms with van der Waals surface area (Å²) in [6.07, 6.45) is 4.67. The summed E-state index contributed by atoms with van der Waals surface area (Å²) in [5.41, 5.74) is -1.09. The van der Waals surface area contributed by atoms with E-state index >= 15 is 0 Å². The van der Waals surface area contributed by atoms with Gasteiger partial charge in [0.2, 0.25) is 5.72 Å². The molecule has 112 valence electrons. The predicted molar refractivity (Wildman–Crippen MR) is 76.1 cm³/mol. The fourth-order valence-corrected chi connectivity index (χ4v) is 3.75.